The molecule has 0 spiro atoms. The van der Waals surface area contributed by atoms with Crippen molar-refractivity contribution in [3.8, 4) is 5.75 Å². The molecule has 0 unspecified atom stereocenters. The third-order valence-corrected chi connectivity index (χ3v) is 3.79. The number of nitrogens with one attached hydrogen (secondary N) is 3. The van der Waals surface area contributed by atoms with Gasteiger partial charge in [-0.1, -0.05) is 18.2 Å². The molecular formula is C22H27N3O5. The Bertz CT molecular complexity index is 906. The highest BCUT2D eigenvalue weighted by Gasteiger charge is 2.16. The molecule has 2 aromatic rings. The normalized spacial score (nSPS) is 10.7. The number of amides is 3. The zero-order valence-corrected chi connectivity index (χ0v) is 17.6. The van der Waals surface area contributed by atoms with Crippen molar-refractivity contribution in [2.75, 3.05) is 19.0 Å². The largest absolute Gasteiger partial charge is 0.497 e. The van der Waals surface area contributed by atoms with Crippen LogP contribution in [0.4, 0.5) is 10.5 Å². The minimum atomic E-state index is -0.661. The summed E-state index contributed by atoms with van der Waals surface area (Å²) in [6, 6.07) is 13.9. The fraction of sp³-hybridized carbons (Fsp3) is 0.318. The molecule has 0 aromatic heterocycles. The summed E-state index contributed by atoms with van der Waals surface area (Å²) in [7, 11) is 1.54. The van der Waals surface area contributed by atoms with Crippen LogP contribution in [0.5, 0.6) is 5.75 Å². The van der Waals surface area contributed by atoms with E-state index in [2.05, 4.69) is 16.0 Å². The molecule has 3 N–H and O–H groups in total. The highest BCUT2D eigenvalue weighted by atomic mass is 16.6. The fourth-order valence-corrected chi connectivity index (χ4v) is 2.48. The maximum Gasteiger partial charge on any atom is 0.408 e. The molecule has 0 aliphatic rings. The van der Waals surface area contributed by atoms with Gasteiger partial charge in [-0.25, -0.2) is 4.79 Å². The number of rotatable bonds is 7. The molecule has 2 rings (SSSR count). The molecule has 160 valence electrons. The number of methoxy groups -OCH3 is 1. The van der Waals surface area contributed by atoms with Gasteiger partial charge in [-0.05, 0) is 56.7 Å². The molecule has 0 heterocycles. The third-order valence-electron chi connectivity index (χ3n) is 3.79. The van der Waals surface area contributed by atoms with Crippen molar-refractivity contribution in [1.29, 1.82) is 0 Å². The highest BCUT2D eigenvalue weighted by molar-refractivity contribution is 5.95. The van der Waals surface area contributed by atoms with Gasteiger partial charge in [0.1, 0.15) is 17.9 Å². The zero-order chi connectivity index (χ0) is 22.1. The quantitative estimate of drug-likeness (QED) is 0.647. The van der Waals surface area contributed by atoms with Gasteiger partial charge in [0.15, 0.2) is 0 Å². The van der Waals surface area contributed by atoms with Crippen LogP contribution in [-0.2, 0) is 16.1 Å². The maximum absolute atomic E-state index is 12.3. The van der Waals surface area contributed by atoms with E-state index in [1.807, 2.05) is 6.07 Å². The molecule has 2 aromatic carbocycles. The van der Waals surface area contributed by atoms with Crippen LogP contribution in [0, 0.1) is 0 Å². The van der Waals surface area contributed by atoms with Crippen LogP contribution in [0.15, 0.2) is 48.5 Å². The molecular weight excluding hydrogens is 386 g/mol. The zero-order valence-electron chi connectivity index (χ0n) is 17.6. The number of ether oxygens (including phenoxy) is 2. The number of benzene rings is 2. The van der Waals surface area contributed by atoms with Gasteiger partial charge < -0.3 is 25.4 Å². The van der Waals surface area contributed by atoms with Crippen LogP contribution in [0.2, 0.25) is 0 Å². The van der Waals surface area contributed by atoms with Gasteiger partial charge in [0.2, 0.25) is 5.91 Å². The number of hydrogen-bond donors (Lipinski definition) is 3. The summed E-state index contributed by atoms with van der Waals surface area (Å²) in [6.07, 6.45) is -0.661. The van der Waals surface area contributed by atoms with E-state index in [0.717, 1.165) is 5.56 Å². The van der Waals surface area contributed by atoms with E-state index in [9.17, 15) is 14.4 Å². The monoisotopic (exact) mass is 413 g/mol. The average molecular weight is 413 g/mol. The smallest absolute Gasteiger partial charge is 0.408 e. The summed E-state index contributed by atoms with van der Waals surface area (Å²) < 4.78 is 10.2. The first-order valence-corrected chi connectivity index (χ1v) is 9.44. The molecule has 0 fully saturated rings. The highest BCUT2D eigenvalue weighted by Crippen LogP contribution is 2.14. The average Bonchev–Trinajstić information content (AvgIpc) is 2.69. The molecule has 8 nitrogen and oxygen atoms in total. The first-order chi connectivity index (χ1) is 14.2. The molecule has 0 aliphatic carbocycles. The molecule has 0 atom stereocenters. The Hall–Kier alpha value is -3.55. The molecule has 0 saturated heterocycles. The fourth-order valence-electron chi connectivity index (χ4n) is 2.48. The van der Waals surface area contributed by atoms with E-state index in [4.69, 9.17) is 9.47 Å². The lowest BCUT2D eigenvalue weighted by Crippen LogP contribution is -2.37. The van der Waals surface area contributed by atoms with Gasteiger partial charge in [0.25, 0.3) is 5.91 Å². The van der Waals surface area contributed by atoms with Crippen molar-refractivity contribution in [3.63, 3.8) is 0 Å². The molecule has 0 aliphatic heterocycles. The Kier molecular flexibility index (Phi) is 7.80. The molecule has 3 amide bonds. The van der Waals surface area contributed by atoms with Crippen LogP contribution < -0.4 is 20.7 Å². The van der Waals surface area contributed by atoms with E-state index < -0.39 is 17.6 Å². The van der Waals surface area contributed by atoms with Crippen LogP contribution in [0.25, 0.3) is 0 Å². The number of hydrogen-bond acceptors (Lipinski definition) is 5. The maximum atomic E-state index is 12.3. The van der Waals surface area contributed by atoms with Gasteiger partial charge in [-0.15, -0.1) is 0 Å². The molecule has 30 heavy (non-hydrogen) atoms. The summed E-state index contributed by atoms with van der Waals surface area (Å²) in [5, 5.41) is 7.93. The van der Waals surface area contributed by atoms with Gasteiger partial charge in [0.05, 0.1) is 7.11 Å². The lowest BCUT2D eigenvalue weighted by atomic mass is 10.1. The summed E-state index contributed by atoms with van der Waals surface area (Å²) in [6.45, 7) is 5.29. The van der Waals surface area contributed by atoms with Crippen molar-refractivity contribution >= 4 is 23.6 Å². The lowest BCUT2D eigenvalue weighted by molar-refractivity contribution is -0.115. The van der Waals surface area contributed by atoms with Gasteiger partial charge in [-0.2, -0.15) is 0 Å². The summed E-state index contributed by atoms with van der Waals surface area (Å²) in [4.78, 5) is 36.0. The summed E-state index contributed by atoms with van der Waals surface area (Å²) in [5.74, 6) is -0.0179. The van der Waals surface area contributed by atoms with E-state index in [0.29, 0.717) is 17.0 Å². The van der Waals surface area contributed by atoms with Gasteiger partial charge >= 0.3 is 6.09 Å². The second kappa shape index (κ2) is 10.3. The number of carbonyl (C=O) groups is 3. The standard InChI is InChI=1S/C22H27N3O5/c1-22(2,3)30-21(28)24-14-19(26)25-17-9-5-7-15(11-17)13-23-20(27)16-8-6-10-18(12-16)29-4/h5-12H,13-14H2,1-4H3,(H,23,27)(H,24,28)(H,25,26). The van der Waals surface area contributed by atoms with Crippen molar-refractivity contribution in [2.45, 2.75) is 32.9 Å². The van der Waals surface area contributed by atoms with Crippen LogP contribution in [0.3, 0.4) is 0 Å². The molecule has 0 bridgehead atoms. The first-order valence-electron chi connectivity index (χ1n) is 9.44. The van der Waals surface area contributed by atoms with E-state index in [1.165, 1.54) is 0 Å². The first kappa shape index (κ1) is 22.7. The molecule has 8 heteroatoms. The second-order valence-electron chi connectivity index (χ2n) is 7.52. The predicted octanol–water partition coefficient (Wildman–Crippen LogP) is 3.09. The van der Waals surface area contributed by atoms with E-state index in [-0.39, 0.29) is 19.0 Å². The second-order valence-corrected chi connectivity index (χ2v) is 7.52. The van der Waals surface area contributed by atoms with Crippen molar-refractivity contribution in [3.05, 3.63) is 59.7 Å². The number of alkyl carbamates (subject to hydrolysis) is 1. The van der Waals surface area contributed by atoms with Crippen LogP contribution >= 0.6 is 0 Å². The lowest BCUT2D eigenvalue weighted by Gasteiger charge is -2.19. The Morgan fingerprint density at radius 3 is 2.40 bits per heavy atom. The Morgan fingerprint density at radius 2 is 1.70 bits per heavy atom. The van der Waals surface area contributed by atoms with E-state index >= 15 is 0 Å². The van der Waals surface area contributed by atoms with Crippen LogP contribution in [-0.4, -0.2) is 37.2 Å². The predicted molar refractivity (Wildman–Crippen MR) is 113 cm³/mol. The van der Waals surface area contributed by atoms with Crippen molar-refractivity contribution in [2.24, 2.45) is 0 Å². The van der Waals surface area contributed by atoms with Gasteiger partial charge in [0, 0.05) is 17.8 Å². The minimum Gasteiger partial charge on any atom is -0.497 e. The van der Waals surface area contributed by atoms with Crippen molar-refractivity contribution < 1.29 is 23.9 Å². The number of anilines is 1. The topological polar surface area (TPSA) is 106 Å². The SMILES string of the molecule is COc1cccc(C(=O)NCc2cccc(NC(=O)CNC(=O)OC(C)(C)C)c2)c1. The van der Waals surface area contributed by atoms with Gasteiger partial charge in [-0.3, -0.25) is 9.59 Å². The summed E-state index contributed by atoms with van der Waals surface area (Å²) >= 11 is 0. The van der Waals surface area contributed by atoms with Crippen LogP contribution in [0.1, 0.15) is 36.7 Å². The third kappa shape index (κ3) is 7.83. The summed E-state index contributed by atoms with van der Waals surface area (Å²) in [5.41, 5.74) is 1.22. The molecule has 0 saturated carbocycles. The van der Waals surface area contributed by atoms with Crippen molar-refractivity contribution in [1.82, 2.24) is 10.6 Å². The molecule has 0 radical (unpaired) electrons. The minimum absolute atomic E-state index is 0.217. The Labute approximate surface area is 175 Å². The Balaban J connectivity index is 1.86. The Morgan fingerprint density at radius 1 is 0.967 bits per heavy atom. The number of carbonyl (C=O) groups excluding carboxylic acids is 3. The van der Waals surface area contributed by atoms with E-state index in [1.54, 1.807) is 70.3 Å².